The van der Waals surface area contributed by atoms with E-state index in [2.05, 4.69) is 44.0 Å². The maximum absolute atomic E-state index is 4.04. The van der Waals surface area contributed by atoms with Gasteiger partial charge in [-0.05, 0) is 23.3 Å². The van der Waals surface area contributed by atoms with Gasteiger partial charge < -0.3 is 0 Å². The van der Waals surface area contributed by atoms with Gasteiger partial charge in [0.05, 0.1) is 0 Å². The largest absolute Gasteiger partial charge is 0.157 e. The number of hydrogen-bond acceptors (Lipinski definition) is 2. The minimum Gasteiger partial charge on any atom is -0.157 e. The van der Waals surface area contributed by atoms with Crippen LogP contribution in [0.25, 0.3) is 0 Å². The Kier molecular flexibility index (Phi) is 4.59. The molecule has 0 spiro atoms. The zero-order valence-corrected chi connectivity index (χ0v) is 9.64. The lowest BCUT2D eigenvalue weighted by molar-refractivity contribution is 0.472. The van der Waals surface area contributed by atoms with Crippen LogP contribution in [0.5, 0.6) is 0 Å². The van der Waals surface area contributed by atoms with Gasteiger partial charge in [-0.3, -0.25) is 0 Å². The molecule has 0 aromatic heterocycles. The van der Waals surface area contributed by atoms with Crippen LogP contribution in [-0.2, 0) is 0 Å². The monoisotopic (exact) mass is 202 g/mol. The molecule has 0 radical (unpaired) electrons. The molecular weight excluding hydrogens is 184 g/mol. The van der Waals surface area contributed by atoms with Gasteiger partial charge in [0.25, 0.3) is 0 Å². The minimum absolute atomic E-state index is 0.844. The summed E-state index contributed by atoms with van der Waals surface area (Å²) >= 11 is 4.12. The lowest BCUT2D eigenvalue weighted by atomic mass is 10.0. The summed E-state index contributed by atoms with van der Waals surface area (Å²) in [7, 11) is 0. The average molecular weight is 202 g/mol. The number of thioether (sulfide) groups is 2. The maximum atomic E-state index is 4.04. The van der Waals surface area contributed by atoms with Gasteiger partial charge in [0, 0.05) is 11.5 Å². The minimum atomic E-state index is 0.844. The Bertz CT molecular complexity index is 140. The highest BCUT2D eigenvalue weighted by molar-refractivity contribution is 8.01. The van der Waals surface area contributed by atoms with Crippen molar-refractivity contribution in [2.45, 2.75) is 13.8 Å². The Morgan fingerprint density at radius 1 is 1.25 bits per heavy atom. The zero-order chi connectivity index (χ0) is 8.97. The molecule has 0 aromatic carbocycles. The average Bonchev–Trinajstić information content (AvgIpc) is 1.95. The van der Waals surface area contributed by atoms with Gasteiger partial charge in [0.15, 0.2) is 0 Å². The van der Waals surface area contributed by atoms with E-state index in [1.54, 1.807) is 0 Å². The fraction of sp³-hybridized carbons (Fsp3) is 0.800. The molecule has 1 aliphatic rings. The van der Waals surface area contributed by atoms with E-state index >= 15 is 0 Å². The lowest BCUT2D eigenvalue weighted by Crippen LogP contribution is -2.17. The highest BCUT2D eigenvalue weighted by Crippen LogP contribution is 2.27. The van der Waals surface area contributed by atoms with Gasteiger partial charge in [0.1, 0.15) is 0 Å². The highest BCUT2D eigenvalue weighted by Gasteiger charge is 2.15. The summed E-state index contributed by atoms with van der Waals surface area (Å²) in [5.41, 5.74) is 1.41. The van der Waals surface area contributed by atoms with E-state index < -0.39 is 0 Å². The lowest BCUT2D eigenvalue weighted by Gasteiger charge is -2.22. The van der Waals surface area contributed by atoms with Gasteiger partial charge >= 0.3 is 0 Å². The molecule has 0 atom stereocenters. The fourth-order valence-corrected chi connectivity index (χ4v) is 4.09. The van der Waals surface area contributed by atoms with Crippen LogP contribution in [0.4, 0.5) is 0 Å². The van der Waals surface area contributed by atoms with Crippen molar-refractivity contribution in [2.24, 2.45) is 11.8 Å². The molecule has 1 fully saturated rings. The molecule has 0 nitrogen and oxygen atoms in total. The molecule has 1 heterocycles. The third kappa shape index (κ3) is 3.44. The normalized spacial score (nSPS) is 22.4. The fourth-order valence-electron chi connectivity index (χ4n) is 1.18. The first-order chi connectivity index (χ1) is 5.70. The molecule has 0 unspecified atom stereocenters. The summed E-state index contributed by atoms with van der Waals surface area (Å²) in [5.74, 6) is 6.75. The quantitative estimate of drug-likeness (QED) is 0.598. The second-order valence-electron chi connectivity index (χ2n) is 3.78. The second-order valence-corrected chi connectivity index (χ2v) is 5.84. The maximum Gasteiger partial charge on any atom is 0.0148 e. The molecule has 0 saturated carbocycles. The predicted molar refractivity (Wildman–Crippen MR) is 62.1 cm³/mol. The van der Waals surface area contributed by atoms with Crippen molar-refractivity contribution in [3.63, 3.8) is 0 Å². The van der Waals surface area contributed by atoms with Gasteiger partial charge in [0.2, 0.25) is 0 Å². The molecule has 0 bridgehead atoms. The van der Waals surface area contributed by atoms with Gasteiger partial charge in [-0.1, -0.05) is 26.0 Å². The van der Waals surface area contributed by atoms with Gasteiger partial charge in [-0.25, -0.2) is 0 Å². The topological polar surface area (TPSA) is 0 Å². The summed E-state index contributed by atoms with van der Waals surface area (Å²) in [6, 6.07) is 0. The summed E-state index contributed by atoms with van der Waals surface area (Å²) in [6.07, 6.45) is 0. The van der Waals surface area contributed by atoms with Crippen molar-refractivity contribution >= 4 is 23.5 Å². The standard InChI is InChI=1S/C10H18S2/c1-8(2)10-6-11-4-9(3)5-12-7-10/h8,10H,3-7H2,1-2H3. The van der Waals surface area contributed by atoms with Crippen LogP contribution in [0.2, 0.25) is 0 Å². The first-order valence-electron chi connectivity index (χ1n) is 4.52. The summed E-state index contributed by atoms with van der Waals surface area (Å²) in [5, 5.41) is 0. The van der Waals surface area contributed by atoms with E-state index in [1.807, 2.05) is 0 Å². The summed E-state index contributed by atoms with van der Waals surface area (Å²) in [6.45, 7) is 8.72. The van der Waals surface area contributed by atoms with E-state index in [4.69, 9.17) is 0 Å². The van der Waals surface area contributed by atoms with Gasteiger partial charge in [-0.2, -0.15) is 23.5 Å². The molecule has 0 aliphatic carbocycles. The van der Waals surface area contributed by atoms with E-state index in [-0.39, 0.29) is 0 Å². The molecule has 1 rings (SSSR count). The van der Waals surface area contributed by atoms with E-state index in [0.717, 1.165) is 11.8 Å². The Morgan fingerprint density at radius 2 is 1.75 bits per heavy atom. The summed E-state index contributed by atoms with van der Waals surface area (Å²) in [4.78, 5) is 0. The van der Waals surface area contributed by atoms with Crippen molar-refractivity contribution in [3.05, 3.63) is 12.2 Å². The molecule has 1 saturated heterocycles. The molecule has 70 valence electrons. The Labute approximate surface area is 84.6 Å². The smallest absolute Gasteiger partial charge is 0.0148 e. The first kappa shape index (κ1) is 10.5. The van der Waals surface area contributed by atoms with E-state index in [0.29, 0.717) is 0 Å². The molecule has 0 aromatic rings. The van der Waals surface area contributed by atoms with Crippen LogP contribution in [0, 0.1) is 11.8 Å². The third-order valence-electron chi connectivity index (χ3n) is 2.22. The highest BCUT2D eigenvalue weighted by atomic mass is 32.2. The molecule has 1 aliphatic heterocycles. The second kappa shape index (κ2) is 5.23. The van der Waals surface area contributed by atoms with Crippen LogP contribution in [0.15, 0.2) is 12.2 Å². The number of hydrogen-bond donors (Lipinski definition) is 0. The Morgan fingerprint density at radius 3 is 2.17 bits per heavy atom. The SMILES string of the molecule is C=C1CSCC(C(C)C)CSC1. The van der Waals surface area contributed by atoms with Gasteiger partial charge in [-0.15, -0.1) is 0 Å². The summed E-state index contributed by atoms with van der Waals surface area (Å²) < 4.78 is 0. The van der Waals surface area contributed by atoms with Crippen molar-refractivity contribution in [1.82, 2.24) is 0 Å². The van der Waals surface area contributed by atoms with E-state index in [9.17, 15) is 0 Å². The third-order valence-corrected chi connectivity index (χ3v) is 4.77. The molecule has 0 N–H and O–H groups in total. The van der Waals surface area contributed by atoms with Crippen LogP contribution in [0.1, 0.15) is 13.8 Å². The molecule has 0 amide bonds. The van der Waals surface area contributed by atoms with Crippen molar-refractivity contribution in [1.29, 1.82) is 0 Å². The van der Waals surface area contributed by atoms with Crippen LogP contribution < -0.4 is 0 Å². The van der Waals surface area contributed by atoms with Crippen molar-refractivity contribution in [2.75, 3.05) is 23.0 Å². The Hall–Kier alpha value is 0.440. The molecule has 2 heteroatoms. The first-order valence-corrected chi connectivity index (χ1v) is 6.83. The van der Waals surface area contributed by atoms with Crippen LogP contribution in [-0.4, -0.2) is 23.0 Å². The van der Waals surface area contributed by atoms with Crippen LogP contribution in [0.3, 0.4) is 0 Å². The zero-order valence-electron chi connectivity index (χ0n) is 8.01. The van der Waals surface area contributed by atoms with Crippen LogP contribution >= 0.6 is 23.5 Å². The Balaban J connectivity index is 2.35. The van der Waals surface area contributed by atoms with Crippen molar-refractivity contribution in [3.8, 4) is 0 Å². The number of rotatable bonds is 1. The molecular formula is C10H18S2. The van der Waals surface area contributed by atoms with Crippen molar-refractivity contribution < 1.29 is 0 Å². The molecule has 12 heavy (non-hydrogen) atoms. The van der Waals surface area contributed by atoms with E-state index in [1.165, 1.54) is 28.6 Å². The predicted octanol–water partition coefficient (Wildman–Crippen LogP) is 3.29.